The first-order valence-electron chi connectivity index (χ1n) is 6.18. The third-order valence-electron chi connectivity index (χ3n) is 2.88. The molecule has 0 fully saturated rings. The molecule has 0 saturated carbocycles. The highest BCUT2D eigenvalue weighted by molar-refractivity contribution is 6.35. The third kappa shape index (κ3) is 3.39. The summed E-state index contributed by atoms with van der Waals surface area (Å²) in [5.74, 6) is 0.0384. The molecular weight excluding hydrogens is 297 g/mol. The molecule has 0 aliphatic heterocycles. The number of nitrogens with zero attached hydrogens (tertiary/aromatic N) is 3. The number of aromatic nitrogens is 3. The molecule has 1 N–H and O–H groups in total. The summed E-state index contributed by atoms with van der Waals surface area (Å²) >= 11 is 12.0. The molecular formula is C14H15Cl2N3O. The smallest absolute Gasteiger partial charge is 0.138 e. The van der Waals surface area contributed by atoms with Crippen molar-refractivity contribution < 1.29 is 5.11 Å². The Morgan fingerprint density at radius 3 is 2.65 bits per heavy atom. The minimum absolute atomic E-state index is 0.0384. The van der Waals surface area contributed by atoms with Crippen LogP contribution in [0.5, 0.6) is 0 Å². The second-order valence-electron chi connectivity index (χ2n) is 4.76. The summed E-state index contributed by atoms with van der Waals surface area (Å²) in [4.78, 5) is 3.91. The summed E-state index contributed by atoms with van der Waals surface area (Å²) in [6.07, 6.45) is 4.08. The van der Waals surface area contributed by atoms with Gasteiger partial charge < -0.3 is 5.11 Å². The zero-order valence-electron chi connectivity index (χ0n) is 11.2. The first-order chi connectivity index (χ1) is 9.49. The Morgan fingerprint density at radius 2 is 2.10 bits per heavy atom. The maximum absolute atomic E-state index is 10.3. The van der Waals surface area contributed by atoms with Gasteiger partial charge in [-0.3, -0.25) is 0 Å². The van der Waals surface area contributed by atoms with E-state index in [0.717, 1.165) is 5.56 Å². The lowest BCUT2D eigenvalue weighted by Gasteiger charge is -2.18. The first-order valence-corrected chi connectivity index (χ1v) is 6.94. The quantitative estimate of drug-likeness (QED) is 0.938. The molecule has 1 atom stereocenters. The molecule has 0 amide bonds. The van der Waals surface area contributed by atoms with E-state index in [1.807, 2.05) is 13.8 Å². The molecule has 0 spiro atoms. The summed E-state index contributed by atoms with van der Waals surface area (Å²) in [5, 5.41) is 15.5. The number of rotatable bonds is 4. The van der Waals surface area contributed by atoms with Crippen LogP contribution in [0.25, 0.3) is 11.8 Å². The van der Waals surface area contributed by atoms with Crippen LogP contribution < -0.4 is 0 Å². The Labute approximate surface area is 127 Å². The molecule has 2 rings (SSSR count). The van der Waals surface area contributed by atoms with Crippen molar-refractivity contribution in [3.8, 4) is 0 Å². The predicted molar refractivity (Wildman–Crippen MR) is 81.5 cm³/mol. The first kappa shape index (κ1) is 15.0. The SMILES string of the molecule is CC(C)[C@@H](O)/C(=C/c1ccc(Cl)cc1Cl)n1cncn1. The maximum atomic E-state index is 10.3. The summed E-state index contributed by atoms with van der Waals surface area (Å²) in [6.45, 7) is 3.86. The van der Waals surface area contributed by atoms with Crippen LogP contribution in [0.15, 0.2) is 30.9 Å². The van der Waals surface area contributed by atoms with Gasteiger partial charge >= 0.3 is 0 Å². The summed E-state index contributed by atoms with van der Waals surface area (Å²) in [5.41, 5.74) is 1.38. The average molecular weight is 312 g/mol. The van der Waals surface area contributed by atoms with Gasteiger partial charge in [-0.1, -0.05) is 43.1 Å². The Kier molecular flexibility index (Phi) is 4.81. The van der Waals surface area contributed by atoms with Crippen molar-refractivity contribution in [1.29, 1.82) is 0 Å². The van der Waals surface area contributed by atoms with Gasteiger partial charge in [0, 0.05) is 10.0 Å². The van der Waals surface area contributed by atoms with E-state index < -0.39 is 6.10 Å². The minimum Gasteiger partial charge on any atom is -0.387 e. The summed E-state index contributed by atoms with van der Waals surface area (Å²) in [6, 6.07) is 5.21. The zero-order valence-corrected chi connectivity index (χ0v) is 12.7. The van der Waals surface area contributed by atoms with Crippen LogP contribution in [0.1, 0.15) is 19.4 Å². The fourth-order valence-electron chi connectivity index (χ4n) is 1.75. The van der Waals surface area contributed by atoms with Crippen molar-refractivity contribution in [3.63, 3.8) is 0 Å². The highest BCUT2D eigenvalue weighted by Crippen LogP contribution is 2.26. The zero-order chi connectivity index (χ0) is 14.7. The second-order valence-corrected chi connectivity index (χ2v) is 5.61. The largest absolute Gasteiger partial charge is 0.387 e. The normalized spacial score (nSPS) is 13.8. The molecule has 2 aromatic rings. The van der Waals surface area contributed by atoms with E-state index in [4.69, 9.17) is 23.2 Å². The molecule has 4 nitrogen and oxygen atoms in total. The lowest BCUT2D eigenvalue weighted by molar-refractivity contribution is 0.175. The van der Waals surface area contributed by atoms with Gasteiger partial charge in [0.1, 0.15) is 12.7 Å². The number of hydrogen-bond donors (Lipinski definition) is 1. The Morgan fingerprint density at radius 1 is 1.35 bits per heavy atom. The molecule has 1 aromatic heterocycles. The monoisotopic (exact) mass is 311 g/mol. The van der Waals surface area contributed by atoms with Crippen LogP contribution in [0.3, 0.4) is 0 Å². The molecule has 0 radical (unpaired) electrons. The fourth-order valence-corrected chi connectivity index (χ4v) is 2.21. The van der Waals surface area contributed by atoms with Crippen LogP contribution in [0.4, 0.5) is 0 Å². The predicted octanol–water partition coefficient (Wildman–Crippen LogP) is 3.60. The van der Waals surface area contributed by atoms with Crippen LogP contribution in [0.2, 0.25) is 10.0 Å². The number of aliphatic hydroxyl groups excluding tert-OH is 1. The van der Waals surface area contributed by atoms with Crippen LogP contribution in [-0.4, -0.2) is 26.0 Å². The highest BCUT2D eigenvalue weighted by Gasteiger charge is 2.18. The van der Waals surface area contributed by atoms with E-state index >= 15 is 0 Å². The van der Waals surface area contributed by atoms with Gasteiger partial charge in [0.25, 0.3) is 0 Å². The number of aliphatic hydroxyl groups is 1. The van der Waals surface area contributed by atoms with Crippen LogP contribution in [-0.2, 0) is 0 Å². The van der Waals surface area contributed by atoms with E-state index in [1.165, 1.54) is 11.0 Å². The van der Waals surface area contributed by atoms with Crippen molar-refractivity contribution >= 4 is 35.0 Å². The lowest BCUT2D eigenvalue weighted by Crippen LogP contribution is -2.21. The topological polar surface area (TPSA) is 50.9 Å². The number of hydrogen-bond acceptors (Lipinski definition) is 3. The van der Waals surface area contributed by atoms with Gasteiger partial charge in [0.2, 0.25) is 0 Å². The van der Waals surface area contributed by atoms with Gasteiger partial charge in [-0.2, -0.15) is 5.10 Å². The van der Waals surface area contributed by atoms with E-state index in [1.54, 1.807) is 30.6 Å². The van der Waals surface area contributed by atoms with E-state index in [0.29, 0.717) is 15.7 Å². The van der Waals surface area contributed by atoms with Crippen LogP contribution >= 0.6 is 23.2 Å². The molecule has 20 heavy (non-hydrogen) atoms. The molecule has 0 bridgehead atoms. The second kappa shape index (κ2) is 6.39. The van der Waals surface area contributed by atoms with E-state index in [-0.39, 0.29) is 5.92 Å². The molecule has 6 heteroatoms. The standard InChI is InChI=1S/C14H15Cl2N3O/c1-9(2)14(20)13(19-8-17-7-18-19)5-10-3-4-11(15)6-12(10)16/h3-9,14,20H,1-2H3/b13-5-/t14-/m1/s1. The van der Waals surface area contributed by atoms with Gasteiger partial charge in [0.05, 0.1) is 11.8 Å². The maximum Gasteiger partial charge on any atom is 0.138 e. The lowest BCUT2D eigenvalue weighted by atomic mass is 10.0. The van der Waals surface area contributed by atoms with Gasteiger partial charge in [-0.05, 0) is 29.7 Å². The molecule has 1 heterocycles. The highest BCUT2D eigenvalue weighted by atomic mass is 35.5. The van der Waals surface area contributed by atoms with Crippen molar-refractivity contribution in [2.24, 2.45) is 5.92 Å². The molecule has 0 aliphatic rings. The Balaban J connectivity index is 2.48. The molecule has 1 aromatic carbocycles. The Hall–Kier alpha value is -1.36. The molecule has 106 valence electrons. The summed E-state index contributed by atoms with van der Waals surface area (Å²) < 4.78 is 1.54. The minimum atomic E-state index is -0.677. The van der Waals surface area contributed by atoms with Gasteiger partial charge in [0.15, 0.2) is 0 Å². The van der Waals surface area contributed by atoms with Gasteiger partial charge in [-0.25, -0.2) is 9.67 Å². The van der Waals surface area contributed by atoms with E-state index in [9.17, 15) is 5.11 Å². The summed E-state index contributed by atoms with van der Waals surface area (Å²) in [7, 11) is 0. The van der Waals surface area contributed by atoms with Crippen molar-refractivity contribution in [2.75, 3.05) is 0 Å². The van der Waals surface area contributed by atoms with Gasteiger partial charge in [-0.15, -0.1) is 0 Å². The van der Waals surface area contributed by atoms with E-state index in [2.05, 4.69) is 10.1 Å². The average Bonchev–Trinajstić information content (AvgIpc) is 2.90. The molecule has 0 aliphatic carbocycles. The molecule has 0 unspecified atom stereocenters. The number of benzene rings is 1. The van der Waals surface area contributed by atoms with Crippen LogP contribution in [0, 0.1) is 5.92 Å². The van der Waals surface area contributed by atoms with Crippen molar-refractivity contribution in [1.82, 2.24) is 14.8 Å². The third-order valence-corrected chi connectivity index (χ3v) is 3.45. The van der Waals surface area contributed by atoms with Crippen molar-refractivity contribution in [2.45, 2.75) is 20.0 Å². The molecule has 0 saturated heterocycles. The Bertz CT molecular complexity index is 609. The van der Waals surface area contributed by atoms with Crippen molar-refractivity contribution in [3.05, 3.63) is 46.5 Å². The number of halogens is 2. The fraction of sp³-hybridized carbons (Fsp3) is 0.286.